The van der Waals surface area contributed by atoms with Crippen LogP contribution < -0.4 is 10.5 Å². The standard InChI is InChI=1S/C12H18ClNO2.ClH/c1-3-4-10(15)12(14)9-7-8(13)5-6-11(9)16-2;/h5-7,10,12,15H,3-4,14H2,1-2H3;1H/t10-,12+;/m1./s1. The van der Waals surface area contributed by atoms with Gasteiger partial charge in [0.2, 0.25) is 0 Å². The van der Waals surface area contributed by atoms with Crippen LogP contribution in [0, 0.1) is 0 Å². The highest BCUT2D eigenvalue weighted by Gasteiger charge is 2.19. The van der Waals surface area contributed by atoms with Gasteiger partial charge in [-0.25, -0.2) is 0 Å². The van der Waals surface area contributed by atoms with E-state index in [1.165, 1.54) is 0 Å². The minimum absolute atomic E-state index is 0. The molecule has 0 saturated carbocycles. The molecule has 3 N–H and O–H groups in total. The zero-order valence-corrected chi connectivity index (χ0v) is 11.6. The summed E-state index contributed by atoms with van der Waals surface area (Å²) in [6.07, 6.45) is 0.978. The van der Waals surface area contributed by atoms with Crippen molar-refractivity contribution in [3.63, 3.8) is 0 Å². The lowest BCUT2D eigenvalue weighted by atomic mass is 9.98. The minimum atomic E-state index is -0.572. The molecule has 0 aliphatic carbocycles. The van der Waals surface area contributed by atoms with E-state index in [4.69, 9.17) is 22.1 Å². The van der Waals surface area contributed by atoms with Gasteiger partial charge in [-0.3, -0.25) is 0 Å². The van der Waals surface area contributed by atoms with Gasteiger partial charge in [0, 0.05) is 10.6 Å². The molecule has 3 nitrogen and oxygen atoms in total. The maximum atomic E-state index is 9.86. The van der Waals surface area contributed by atoms with Crippen molar-refractivity contribution in [1.29, 1.82) is 0 Å². The molecule has 5 heteroatoms. The molecule has 0 spiro atoms. The lowest BCUT2D eigenvalue weighted by molar-refractivity contribution is 0.133. The Kier molecular flexibility index (Phi) is 7.55. The van der Waals surface area contributed by atoms with Crippen LogP contribution in [-0.2, 0) is 0 Å². The summed E-state index contributed by atoms with van der Waals surface area (Å²) in [5.74, 6) is 0.659. The number of methoxy groups -OCH3 is 1. The average molecular weight is 280 g/mol. The lowest BCUT2D eigenvalue weighted by Crippen LogP contribution is -2.26. The first-order valence-corrected chi connectivity index (χ1v) is 5.75. The second-order valence-electron chi connectivity index (χ2n) is 3.77. The van der Waals surface area contributed by atoms with Gasteiger partial charge in [0.15, 0.2) is 0 Å². The lowest BCUT2D eigenvalue weighted by Gasteiger charge is -2.21. The first-order valence-electron chi connectivity index (χ1n) is 5.37. The van der Waals surface area contributed by atoms with Gasteiger partial charge < -0.3 is 15.6 Å². The minimum Gasteiger partial charge on any atom is -0.496 e. The first-order chi connectivity index (χ1) is 7.60. The number of aliphatic hydroxyl groups is 1. The highest BCUT2D eigenvalue weighted by molar-refractivity contribution is 6.30. The highest BCUT2D eigenvalue weighted by Crippen LogP contribution is 2.29. The second-order valence-corrected chi connectivity index (χ2v) is 4.20. The Balaban J connectivity index is 0.00000256. The van der Waals surface area contributed by atoms with Crippen molar-refractivity contribution in [2.45, 2.75) is 31.9 Å². The molecule has 1 aromatic rings. The number of nitrogens with two attached hydrogens (primary N) is 1. The zero-order chi connectivity index (χ0) is 12.1. The van der Waals surface area contributed by atoms with E-state index in [0.717, 1.165) is 12.0 Å². The number of ether oxygens (including phenoxy) is 1. The number of aliphatic hydroxyl groups excluding tert-OH is 1. The van der Waals surface area contributed by atoms with Gasteiger partial charge in [-0.15, -0.1) is 12.4 Å². The zero-order valence-electron chi connectivity index (χ0n) is 10.0. The fraction of sp³-hybridized carbons (Fsp3) is 0.500. The predicted octanol–water partition coefficient (Wildman–Crippen LogP) is 2.93. The summed E-state index contributed by atoms with van der Waals surface area (Å²) >= 11 is 5.91. The van der Waals surface area contributed by atoms with Crippen molar-refractivity contribution >= 4 is 24.0 Å². The first kappa shape index (κ1) is 16.5. The van der Waals surface area contributed by atoms with Crippen molar-refractivity contribution in [3.05, 3.63) is 28.8 Å². The Hall–Kier alpha value is -0.480. The molecule has 0 bridgehead atoms. The van der Waals surface area contributed by atoms with Crippen molar-refractivity contribution in [2.24, 2.45) is 5.73 Å². The van der Waals surface area contributed by atoms with Gasteiger partial charge in [-0.05, 0) is 24.6 Å². The number of benzene rings is 1. The van der Waals surface area contributed by atoms with Crippen molar-refractivity contribution in [2.75, 3.05) is 7.11 Å². The Morgan fingerprint density at radius 1 is 1.47 bits per heavy atom. The predicted molar refractivity (Wildman–Crippen MR) is 73.1 cm³/mol. The van der Waals surface area contributed by atoms with Crippen molar-refractivity contribution in [1.82, 2.24) is 0 Å². The largest absolute Gasteiger partial charge is 0.496 e. The molecule has 0 aliphatic rings. The van der Waals surface area contributed by atoms with Crippen LogP contribution in [-0.4, -0.2) is 18.3 Å². The van der Waals surface area contributed by atoms with Crippen LogP contribution >= 0.6 is 24.0 Å². The number of rotatable bonds is 5. The average Bonchev–Trinajstić information content (AvgIpc) is 2.28. The Morgan fingerprint density at radius 3 is 2.65 bits per heavy atom. The van der Waals surface area contributed by atoms with Crippen LogP contribution in [0.4, 0.5) is 0 Å². The molecule has 0 saturated heterocycles. The summed E-state index contributed by atoms with van der Waals surface area (Å²) in [5, 5.41) is 10.5. The molecule has 1 aromatic carbocycles. The van der Waals surface area contributed by atoms with Crippen LogP contribution in [0.15, 0.2) is 18.2 Å². The molecule has 0 heterocycles. The molecule has 98 valence electrons. The summed E-state index contributed by atoms with van der Waals surface area (Å²) in [6.45, 7) is 2.01. The van der Waals surface area contributed by atoms with E-state index in [1.54, 1.807) is 25.3 Å². The summed E-state index contributed by atoms with van der Waals surface area (Å²) in [6, 6.07) is 4.77. The van der Waals surface area contributed by atoms with Gasteiger partial charge in [0.05, 0.1) is 19.3 Å². The summed E-state index contributed by atoms with van der Waals surface area (Å²) in [7, 11) is 1.58. The number of hydrogen-bond donors (Lipinski definition) is 2. The Labute approximate surface area is 113 Å². The fourth-order valence-electron chi connectivity index (χ4n) is 1.65. The van der Waals surface area contributed by atoms with Crippen LogP contribution in [0.5, 0.6) is 5.75 Å². The third-order valence-electron chi connectivity index (χ3n) is 2.55. The highest BCUT2D eigenvalue weighted by atomic mass is 35.5. The van der Waals surface area contributed by atoms with E-state index in [1.807, 2.05) is 6.92 Å². The fourth-order valence-corrected chi connectivity index (χ4v) is 1.83. The number of hydrogen-bond acceptors (Lipinski definition) is 3. The van der Waals surface area contributed by atoms with Crippen LogP contribution in [0.1, 0.15) is 31.4 Å². The van der Waals surface area contributed by atoms with Gasteiger partial charge in [0.25, 0.3) is 0 Å². The van der Waals surface area contributed by atoms with Crippen LogP contribution in [0.3, 0.4) is 0 Å². The van der Waals surface area contributed by atoms with Gasteiger partial charge in [-0.2, -0.15) is 0 Å². The van der Waals surface area contributed by atoms with E-state index in [-0.39, 0.29) is 12.4 Å². The molecule has 0 radical (unpaired) electrons. The molecular weight excluding hydrogens is 261 g/mol. The molecule has 0 unspecified atom stereocenters. The SMILES string of the molecule is CCC[C@@H](O)[C@@H](N)c1cc(Cl)ccc1OC.Cl. The molecule has 2 atom stereocenters. The maximum absolute atomic E-state index is 9.86. The normalized spacial score (nSPS) is 13.7. The van der Waals surface area contributed by atoms with Crippen LogP contribution in [0.25, 0.3) is 0 Å². The quantitative estimate of drug-likeness (QED) is 0.872. The van der Waals surface area contributed by atoms with E-state index in [2.05, 4.69) is 0 Å². The third-order valence-corrected chi connectivity index (χ3v) is 2.78. The van der Waals surface area contributed by atoms with Gasteiger partial charge >= 0.3 is 0 Å². The molecule has 0 fully saturated rings. The molecule has 1 rings (SSSR count). The van der Waals surface area contributed by atoms with E-state index < -0.39 is 12.1 Å². The summed E-state index contributed by atoms with van der Waals surface area (Å²) < 4.78 is 5.20. The van der Waals surface area contributed by atoms with E-state index >= 15 is 0 Å². The Morgan fingerprint density at radius 2 is 2.12 bits per heavy atom. The smallest absolute Gasteiger partial charge is 0.123 e. The van der Waals surface area contributed by atoms with E-state index in [0.29, 0.717) is 17.2 Å². The summed E-state index contributed by atoms with van der Waals surface area (Å²) in [4.78, 5) is 0. The van der Waals surface area contributed by atoms with E-state index in [9.17, 15) is 5.11 Å². The van der Waals surface area contributed by atoms with Gasteiger partial charge in [0.1, 0.15) is 5.75 Å². The van der Waals surface area contributed by atoms with Gasteiger partial charge in [-0.1, -0.05) is 24.9 Å². The molecule has 0 aromatic heterocycles. The van der Waals surface area contributed by atoms with Crippen molar-refractivity contribution < 1.29 is 9.84 Å². The maximum Gasteiger partial charge on any atom is 0.123 e. The molecule has 17 heavy (non-hydrogen) atoms. The third kappa shape index (κ3) is 4.36. The molecule has 0 aliphatic heterocycles. The molecule has 0 amide bonds. The van der Waals surface area contributed by atoms with Crippen molar-refractivity contribution in [3.8, 4) is 5.75 Å². The monoisotopic (exact) mass is 279 g/mol. The number of halogens is 2. The second kappa shape index (κ2) is 7.77. The summed E-state index contributed by atoms with van der Waals surface area (Å²) in [5.41, 5.74) is 6.73. The van der Waals surface area contributed by atoms with Crippen LogP contribution in [0.2, 0.25) is 5.02 Å². The molecular formula is C12H19Cl2NO2. The topological polar surface area (TPSA) is 55.5 Å². The Bertz CT molecular complexity index is 347.